The van der Waals surface area contributed by atoms with Gasteiger partial charge in [0.1, 0.15) is 0 Å². The Kier molecular flexibility index (Phi) is 6.64. The Hall–Kier alpha value is -3.01. The van der Waals surface area contributed by atoms with Crippen molar-refractivity contribution in [3.05, 3.63) is 24.0 Å². The molecule has 0 aromatic rings. The zero-order valence-electron chi connectivity index (χ0n) is 10.9. The van der Waals surface area contributed by atoms with Gasteiger partial charge >= 0.3 is 17.9 Å². The lowest BCUT2D eigenvalue weighted by Crippen LogP contribution is -2.42. The predicted octanol–water partition coefficient (Wildman–Crippen LogP) is -1.11. The van der Waals surface area contributed by atoms with Crippen LogP contribution in [0.15, 0.2) is 24.0 Å². The molecule has 10 nitrogen and oxygen atoms in total. The summed E-state index contributed by atoms with van der Waals surface area (Å²) in [6, 6.07) is 0. The summed E-state index contributed by atoms with van der Waals surface area (Å²) in [4.78, 5) is 51.2. The number of carbonyl (C=O) groups excluding carboxylic acids is 2. The van der Waals surface area contributed by atoms with Crippen molar-refractivity contribution >= 4 is 29.5 Å². The first-order valence-corrected chi connectivity index (χ1v) is 5.54. The number of aliphatic hydroxyl groups excluding tert-OH is 1. The van der Waals surface area contributed by atoms with Crippen LogP contribution in [0.3, 0.4) is 0 Å². The number of carboxylic acid groups (broad SMARTS) is 3. The summed E-state index contributed by atoms with van der Waals surface area (Å²) in [6.45, 7) is 0. The molecule has 0 spiro atoms. The summed E-state index contributed by atoms with van der Waals surface area (Å²) >= 11 is 0. The van der Waals surface area contributed by atoms with Crippen LogP contribution in [0.4, 0.5) is 0 Å². The van der Waals surface area contributed by atoms with Crippen LogP contribution in [0.25, 0.3) is 0 Å². The van der Waals surface area contributed by atoms with Crippen LogP contribution in [-0.2, 0) is 24.0 Å². The van der Waals surface area contributed by atoms with E-state index in [0.717, 1.165) is 18.2 Å². The molecule has 10 heteroatoms. The van der Waals surface area contributed by atoms with Crippen molar-refractivity contribution < 1.29 is 49.5 Å². The molecule has 0 aromatic carbocycles. The highest BCUT2D eigenvalue weighted by Gasteiger charge is 2.40. The first-order chi connectivity index (χ1) is 9.97. The second kappa shape index (κ2) is 7.69. The second-order valence-corrected chi connectivity index (χ2v) is 4.11. The highest BCUT2D eigenvalue weighted by atomic mass is 16.4. The topological polar surface area (TPSA) is 186 Å². The lowest BCUT2D eigenvalue weighted by Gasteiger charge is -2.18. The van der Waals surface area contributed by atoms with Crippen molar-refractivity contribution in [2.45, 2.75) is 18.4 Å². The zero-order chi connectivity index (χ0) is 17.5. The molecule has 0 amide bonds. The van der Waals surface area contributed by atoms with Gasteiger partial charge < -0.3 is 25.5 Å². The van der Waals surface area contributed by atoms with E-state index in [0.29, 0.717) is 0 Å². The van der Waals surface area contributed by atoms with E-state index in [-0.39, 0.29) is 5.78 Å². The van der Waals surface area contributed by atoms with E-state index in [1.807, 2.05) is 0 Å². The van der Waals surface area contributed by atoms with E-state index in [1.165, 1.54) is 0 Å². The number of ketones is 2. The Morgan fingerprint density at radius 2 is 1.41 bits per heavy atom. The molecule has 22 heavy (non-hydrogen) atoms. The molecule has 0 saturated heterocycles. The molecule has 120 valence electrons. The Labute approximate surface area is 122 Å². The van der Waals surface area contributed by atoms with E-state index in [2.05, 4.69) is 0 Å². The Balaban J connectivity index is 0.000000425. The first kappa shape index (κ1) is 19.0. The van der Waals surface area contributed by atoms with Gasteiger partial charge in [-0.1, -0.05) is 0 Å². The maximum atomic E-state index is 10.4. The Morgan fingerprint density at radius 1 is 0.955 bits per heavy atom. The average molecular weight is 316 g/mol. The zero-order valence-corrected chi connectivity index (χ0v) is 10.9. The van der Waals surface area contributed by atoms with Crippen molar-refractivity contribution in [1.29, 1.82) is 0 Å². The van der Waals surface area contributed by atoms with E-state index in [4.69, 9.17) is 25.5 Å². The highest BCUT2D eigenvalue weighted by Crippen LogP contribution is 2.15. The van der Waals surface area contributed by atoms with Crippen LogP contribution in [0.1, 0.15) is 12.8 Å². The molecule has 0 aliphatic heterocycles. The molecule has 0 radical (unpaired) electrons. The lowest BCUT2D eigenvalue weighted by atomic mass is 9.96. The number of carboxylic acids is 3. The van der Waals surface area contributed by atoms with Crippen LogP contribution in [0.2, 0.25) is 0 Å². The standard InChI is InChI=1S/C6H8O7.C6H4O3/c7-3(8)1-6(13,5(11)12)2-4(9)10;7-4-1-2-5(8)6(9)3-4/h13H,1-2H2,(H,7,8)(H,9,10)(H,11,12);1-3,9H. The quantitative estimate of drug-likeness (QED) is 0.389. The molecule has 5 N–H and O–H groups in total. The van der Waals surface area contributed by atoms with Crippen molar-refractivity contribution in [1.82, 2.24) is 0 Å². The number of carbonyl (C=O) groups is 5. The van der Waals surface area contributed by atoms with Gasteiger partial charge in [-0.15, -0.1) is 0 Å². The number of allylic oxidation sites excluding steroid dienone is 3. The third kappa shape index (κ3) is 6.43. The van der Waals surface area contributed by atoms with Crippen LogP contribution >= 0.6 is 0 Å². The van der Waals surface area contributed by atoms with Crippen LogP contribution < -0.4 is 0 Å². The molecule has 0 aromatic heterocycles. The number of rotatable bonds is 5. The maximum Gasteiger partial charge on any atom is 0.336 e. The summed E-state index contributed by atoms with van der Waals surface area (Å²) in [5, 5.41) is 42.4. The van der Waals surface area contributed by atoms with Crippen molar-refractivity contribution in [3.63, 3.8) is 0 Å². The number of hydrogen-bond donors (Lipinski definition) is 5. The Morgan fingerprint density at radius 3 is 1.68 bits per heavy atom. The van der Waals surface area contributed by atoms with Crippen molar-refractivity contribution in [2.75, 3.05) is 0 Å². The highest BCUT2D eigenvalue weighted by molar-refractivity contribution is 6.16. The third-order valence-corrected chi connectivity index (χ3v) is 2.22. The molecule has 0 unspecified atom stereocenters. The smallest absolute Gasteiger partial charge is 0.336 e. The normalized spacial score (nSPS) is 13.8. The molecule has 1 aliphatic carbocycles. The largest absolute Gasteiger partial charge is 0.504 e. The number of aliphatic carboxylic acids is 3. The summed E-state index contributed by atoms with van der Waals surface area (Å²) in [5.74, 6) is -6.38. The fraction of sp³-hybridized carbons (Fsp3) is 0.250. The summed E-state index contributed by atoms with van der Waals surface area (Å²) in [5.41, 5.74) is -2.74. The monoisotopic (exact) mass is 316 g/mol. The van der Waals surface area contributed by atoms with Gasteiger partial charge in [-0.3, -0.25) is 19.2 Å². The minimum absolute atomic E-state index is 0.355. The van der Waals surface area contributed by atoms with Crippen molar-refractivity contribution in [2.24, 2.45) is 0 Å². The lowest BCUT2D eigenvalue weighted by molar-refractivity contribution is -0.170. The van der Waals surface area contributed by atoms with E-state index >= 15 is 0 Å². The maximum absolute atomic E-state index is 10.4. The van der Waals surface area contributed by atoms with Gasteiger partial charge in [0.15, 0.2) is 17.1 Å². The van der Waals surface area contributed by atoms with E-state index in [1.54, 1.807) is 0 Å². The summed E-state index contributed by atoms with van der Waals surface area (Å²) in [6.07, 6.45) is 0.755. The molecular formula is C12H12O10. The van der Waals surface area contributed by atoms with Gasteiger partial charge in [0.25, 0.3) is 0 Å². The van der Waals surface area contributed by atoms with E-state index < -0.39 is 47.9 Å². The predicted molar refractivity (Wildman–Crippen MR) is 67.0 cm³/mol. The molecule has 1 rings (SSSR count). The number of aliphatic hydroxyl groups is 2. The van der Waals surface area contributed by atoms with Gasteiger partial charge in [-0.25, -0.2) is 4.79 Å². The minimum Gasteiger partial charge on any atom is -0.504 e. The molecule has 0 heterocycles. The Bertz CT molecular complexity index is 552. The average Bonchev–Trinajstić information content (AvgIpc) is 2.32. The van der Waals surface area contributed by atoms with E-state index in [9.17, 15) is 24.0 Å². The molecule has 0 saturated carbocycles. The molecule has 1 aliphatic rings. The SMILES string of the molecule is O=C(O)CC(O)(CC(=O)O)C(=O)O.O=C1C=CC(=O)C(O)=C1. The fourth-order valence-corrected chi connectivity index (χ4v) is 1.21. The van der Waals surface area contributed by atoms with Crippen molar-refractivity contribution in [3.8, 4) is 0 Å². The van der Waals surface area contributed by atoms with Gasteiger partial charge in [-0.05, 0) is 12.2 Å². The summed E-state index contributed by atoms with van der Waals surface area (Å²) < 4.78 is 0. The third-order valence-electron chi connectivity index (χ3n) is 2.22. The van der Waals surface area contributed by atoms with Gasteiger partial charge in [0, 0.05) is 6.08 Å². The molecule has 0 bridgehead atoms. The fourth-order valence-electron chi connectivity index (χ4n) is 1.21. The van der Waals surface area contributed by atoms with Crippen LogP contribution in [-0.4, -0.2) is 60.6 Å². The first-order valence-electron chi connectivity index (χ1n) is 5.54. The van der Waals surface area contributed by atoms with Crippen LogP contribution in [0, 0.1) is 0 Å². The molecule has 0 fully saturated rings. The van der Waals surface area contributed by atoms with Gasteiger partial charge in [0.2, 0.25) is 5.78 Å². The molecular weight excluding hydrogens is 304 g/mol. The molecule has 0 atom stereocenters. The van der Waals surface area contributed by atoms with Gasteiger partial charge in [0.05, 0.1) is 12.8 Å². The minimum atomic E-state index is -2.74. The van der Waals surface area contributed by atoms with Gasteiger partial charge in [-0.2, -0.15) is 0 Å². The van der Waals surface area contributed by atoms with Crippen LogP contribution in [0.5, 0.6) is 0 Å². The second-order valence-electron chi connectivity index (χ2n) is 4.11. The number of hydrogen-bond acceptors (Lipinski definition) is 7. The summed E-state index contributed by atoms with van der Waals surface area (Å²) in [7, 11) is 0.